The number of ether oxygens (including phenoxy) is 1. The van der Waals surface area contributed by atoms with Gasteiger partial charge in [0.1, 0.15) is 5.75 Å². The van der Waals surface area contributed by atoms with E-state index >= 15 is 0 Å². The zero-order valence-electron chi connectivity index (χ0n) is 16.3. The molecule has 1 saturated heterocycles. The van der Waals surface area contributed by atoms with Gasteiger partial charge < -0.3 is 15.0 Å². The number of nitrogens with one attached hydrogen (secondary N) is 1. The van der Waals surface area contributed by atoms with Gasteiger partial charge in [-0.2, -0.15) is 0 Å². The van der Waals surface area contributed by atoms with E-state index in [0.29, 0.717) is 24.5 Å². The molecule has 0 bridgehead atoms. The Balaban J connectivity index is 1.24. The first-order valence-electron chi connectivity index (χ1n) is 9.97. The van der Waals surface area contributed by atoms with E-state index < -0.39 is 6.10 Å². The zero-order chi connectivity index (χ0) is 20.1. The highest BCUT2D eigenvalue weighted by Gasteiger charge is 2.31. The summed E-state index contributed by atoms with van der Waals surface area (Å²) < 4.78 is 5.74. The number of para-hydroxylation sites is 2. The van der Waals surface area contributed by atoms with E-state index in [1.807, 2.05) is 35.2 Å². The molecule has 2 aliphatic rings. The highest BCUT2D eigenvalue weighted by atomic mass is 16.5. The van der Waals surface area contributed by atoms with Crippen LogP contribution in [-0.4, -0.2) is 60.4 Å². The third kappa shape index (κ3) is 4.84. The number of carbonyl (C=O) groups excluding carboxylic acids is 2. The normalized spacial score (nSPS) is 19.5. The maximum atomic E-state index is 12.7. The fourth-order valence-electron chi connectivity index (χ4n) is 3.60. The summed E-state index contributed by atoms with van der Waals surface area (Å²) in [5.74, 6) is 0.311. The molecule has 1 unspecified atom stereocenters. The van der Waals surface area contributed by atoms with Crippen LogP contribution in [-0.2, 0) is 9.59 Å². The van der Waals surface area contributed by atoms with Crippen molar-refractivity contribution in [1.29, 1.82) is 0 Å². The number of benzene rings is 2. The molecule has 1 atom stereocenters. The molecule has 1 N–H and O–H groups in total. The van der Waals surface area contributed by atoms with Crippen LogP contribution in [0.4, 0.5) is 5.69 Å². The third-order valence-electron chi connectivity index (χ3n) is 5.27. The molecule has 0 radical (unpaired) electrons. The molecule has 2 amide bonds. The number of rotatable bonds is 5. The van der Waals surface area contributed by atoms with Crippen LogP contribution in [0, 0.1) is 0 Å². The van der Waals surface area contributed by atoms with Crippen molar-refractivity contribution in [3.05, 3.63) is 66.2 Å². The van der Waals surface area contributed by atoms with Crippen LogP contribution in [0.5, 0.6) is 5.75 Å². The van der Waals surface area contributed by atoms with Gasteiger partial charge in [0, 0.05) is 32.7 Å². The number of piperazine rings is 1. The molecule has 0 saturated carbocycles. The molecule has 1 fully saturated rings. The summed E-state index contributed by atoms with van der Waals surface area (Å²) in [6.45, 7) is 3.85. The Hall–Kier alpha value is -3.12. The largest absolute Gasteiger partial charge is 0.478 e. The number of amides is 2. The molecule has 29 heavy (non-hydrogen) atoms. The third-order valence-corrected chi connectivity index (χ3v) is 5.27. The van der Waals surface area contributed by atoms with E-state index in [-0.39, 0.29) is 18.2 Å². The Morgan fingerprint density at radius 2 is 1.76 bits per heavy atom. The highest BCUT2D eigenvalue weighted by Crippen LogP contribution is 2.29. The Kier molecular flexibility index (Phi) is 5.91. The van der Waals surface area contributed by atoms with Crippen LogP contribution in [0.25, 0.3) is 6.08 Å². The topological polar surface area (TPSA) is 61.9 Å². The molecule has 6 nitrogen and oxygen atoms in total. The first kappa shape index (κ1) is 19.2. The average Bonchev–Trinajstić information content (AvgIpc) is 2.75. The SMILES string of the molecule is O=C1Nc2ccccc2OC1CC(=O)N1CCN(C/C=C/c2ccccc2)CC1. The maximum absolute atomic E-state index is 12.7. The van der Waals surface area contributed by atoms with Crippen LogP contribution < -0.4 is 10.1 Å². The van der Waals surface area contributed by atoms with Gasteiger partial charge in [-0.05, 0) is 17.7 Å². The van der Waals surface area contributed by atoms with E-state index in [2.05, 4.69) is 34.5 Å². The van der Waals surface area contributed by atoms with Crippen molar-refractivity contribution < 1.29 is 14.3 Å². The second kappa shape index (κ2) is 8.92. The van der Waals surface area contributed by atoms with Crippen molar-refractivity contribution in [2.75, 3.05) is 38.0 Å². The zero-order valence-corrected chi connectivity index (χ0v) is 16.3. The van der Waals surface area contributed by atoms with Gasteiger partial charge in [-0.1, -0.05) is 54.6 Å². The van der Waals surface area contributed by atoms with Crippen LogP contribution in [0.15, 0.2) is 60.7 Å². The molecule has 4 rings (SSSR count). The molecule has 6 heteroatoms. The van der Waals surface area contributed by atoms with E-state index in [1.165, 1.54) is 5.56 Å². The molecule has 2 aliphatic heterocycles. The predicted molar refractivity (Wildman–Crippen MR) is 113 cm³/mol. The second-order valence-corrected chi connectivity index (χ2v) is 7.29. The Labute approximate surface area is 170 Å². The summed E-state index contributed by atoms with van der Waals surface area (Å²) in [6.07, 6.45) is 3.57. The predicted octanol–water partition coefficient (Wildman–Crippen LogP) is 2.63. The lowest BCUT2D eigenvalue weighted by Gasteiger charge is -2.35. The molecule has 2 heterocycles. The first-order chi connectivity index (χ1) is 14.2. The molecule has 0 aromatic heterocycles. The molecule has 0 spiro atoms. The summed E-state index contributed by atoms with van der Waals surface area (Å²) in [5.41, 5.74) is 1.84. The monoisotopic (exact) mass is 391 g/mol. The standard InChI is InChI=1S/C23H25N3O3/c27-22(17-21-23(28)24-19-10-4-5-11-20(19)29-21)26-15-13-25(14-16-26)12-6-9-18-7-2-1-3-8-18/h1-11,21H,12-17H2,(H,24,28)/b9-6+. The van der Waals surface area contributed by atoms with Crippen LogP contribution in [0.3, 0.4) is 0 Å². The summed E-state index contributed by atoms with van der Waals surface area (Å²) in [5, 5.41) is 2.81. The van der Waals surface area contributed by atoms with Gasteiger partial charge in [-0.15, -0.1) is 0 Å². The number of hydrogen-bond acceptors (Lipinski definition) is 4. The Bertz CT molecular complexity index is 889. The average molecular weight is 391 g/mol. The summed E-state index contributed by atoms with van der Waals surface area (Å²) in [6, 6.07) is 17.5. The van der Waals surface area contributed by atoms with E-state index in [1.54, 1.807) is 12.1 Å². The van der Waals surface area contributed by atoms with Gasteiger partial charge in [0.15, 0.2) is 6.10 Å². The van der Waals surface area contributed by atoms with Crippen molar-refractivity contribution in [2.24, 2.45) is 0 Å². The Morgan fingerprint density at radius 3 is 2.55 bits per heavy atom. The summed E-state index contributed by atoms with van der Waals surface area (Å²) >= 11 is 0. The summed E-state index contributed by atoms with van der Waals surface area (Å²) in [4.78, 5) is 29.1. The quantitative estimate of drug-likeness (QED) is 0.851. The molecular formula is C23H25N3O3. The van der Waals surface area contributed by atoms with E-state index in [0.717, 1.165) is 19.6 Å². The number of anilines is 1. The lowest BCUT2D eigenvalue weighted by Crippen LogP contribution is -2.50. The minimum absolute atomic E-state index is 0.0380. The Morgan fingerprint density at radius 1 is 1.03 bits per heavy atom. The highest BCUT2D eigenvalue weighted by molar-refractivity contribution is 5.99. The van der Waals surface area contributed by atoms with Crippen molar-refractivity contribution >= 4 is 23.6 Å². The summed E-state index contributed by atoms with van der Waals surface area (Å²) in [7, 11) is 0. The van der Waals surface area contributed by atoms with Crippen LogP contribution in [0.1, 0.15) is 12.0 Å². The van der Waals surface area contributed by atoms with Gasteiger partial charge in [-0.3, -0.25) is 14.5 Å². The first-order valence-corrected chi connectivity index (χ1v) is 9.97. The minimum Gasteiger partial charge on any atom is -0.478 e. The number of nitrogens with zero attached hydrogens (tertiary/aromatic N) is 2. The molecule has 0 aliphatic carbocycles. The van der Waals surface area contributed by atoms with Crippen molar-refractivity contribution in [1.82, 2.24) is 9.80 Å². The van der Waals surface area contributed by atoms with Gasteiger partial charge in [0.25, 0.3) is 5.91 Å². The second-order valence-electron chi connectivity index (χ2n) is 7.29. The van der Waals surface area contributed by atoms with Gasteiger partial charge >= 0.3 is 0 Å². The fraction of sp³-hybridized carbons (Fsp3) is 0.304. The maximum Gasteiger partial charge on any atom is 0.266 e. The van der Waals surface area contributed by atoms with Gasteiger partial charge in [0.2, 0.25) is 5.91 Å². The van der Waals surface area contributed by atoms with Crippen molar-refractivity contribution in [3.8, 4) is 5.75 Å². The molecule has 2 aromatic carbocycles. The van der Waals surface area contributed by atoms with Crippen LogP contribution >= 0.6 is 0 Å². The van der Waals surface area contributed by atoms with Crippen molar-refractivity contribution in [2.45, 2.75) is 12.5 Å². The fourth-order valence-corrected chi connectivity index (χ4v) is 3.60. The van der Waals surface area contributed by atoms with Gasteiger partial charge in [-0.25, -0.2) is 0 Å². The van der Waals surface area contributed by atoms with Gasteiger partial charge in [0.05, 0.1) is 12.1 Å². The number of fused-ring (bicyclic) bond motifs is 1. The minimum atomic E-state index is -0.774. The number of hydrogen-bond donors (Lipinski definition) is 1. The molecule has 2 aromatic rings. The van der Waals surface area contributed by atoms with Crippen molar-refractivity contribution in [3.63, 3.8) is 0 Å². The van der Waals surface area contributed by atoms with E-state index in [4.69, 9.17) is 4.74 Å². The van der Waals surface area contributed by atoms with E-state index in [9.17, 15) is 9.59 Å². The lowest BCUT2D eigenvalue weighted by atomic mass is 10.1. The lowest BCUT2D eigenvalue weighted by molar-refractivity contribution is -0.138. The molecular weight excluding hydrogens is 366 g/mol. The van der Waals surface area contributed by atoms with Crippen LogP contribution in [0.2, 0.25) is 0 Å². The smallest absolute Gasteiger partial charge is 0.266 e. The number of carbonyl (C=O) groups is 2. The molecule has 150 valence electrons.